The van der Waals surface area contributed by atoms with Crippen molar-refractivity contribution in [1.82, 2.24) is 0 Å². The van der Waals surface area contributed by atoms with E-state index in [1.54, 1.807) is 0 Å². The third-order valence-corrected chi connectivity index (χ3v) is 3.29. The van der Waals surface area contributed by atoms with Gasteiger partial charge in [0.15, 0.2) is 0 Å². The maximum absolute atomic E-state index is 8.62. The summed E-state index contributed by atoms with van der Waals surface area (Å²) in [5.74, 6) is 0. The minimum absolute atomic E-state index is 0.749. The van der Waals surface area contributed by atoms with Crippen molar-refractivity contribution in [3.8, 4) is 6.07 Å². The highest BCUT2D eigenvalue weighted by atomic mass is 28.3. The lowest BCUT2D eigenvalue weighted by atomic mass is 10.2. The van der Waals surface area contributed by atoms with E-state index in [2.05, 4.69) is 37.8 Å². The zero-order valence-electron chi connectivity index (χ0n) is 8.46. The zero-order chi connectivity index (χ0) is 9.90. The van der Waals surface area contributed by atoms with Crippen molar-refractivity contribution in [1.29, 1.82) is 5.26 Å². The minimum Gasteiger partial charge on any atom is -0.192 e. The standard InChI is InChI=1S/C11H15NSi/c1-13(2,3)9-11-6-4-10(8-12)5-7-11/h4-7H,9H2,1-3H3. The molecule has 0 unspecified atom stereocenters. The minimum atomic E-state index is -1.01. The molecular formula is C11H15NSi. The number of nitriles is 1. The van der Waals surface area contributed by atoms with E-state index >= 15 is 0 Å². The van der Waals surface area contributed by atoms with Gasteiger partial charge in [0.25, 0.3) is 0 Å². The van der Waals surface area contributed by atoms with Crippen molar-refractivity contribution in [2.24, 2.45) is 0 Å². The normalized spacial score (nSPS) is 10.9. The van der Waals surface area contributed by atoms with Crippen LogP contribution in [-0.2, 0) is 6.04 Å². The fourth-order valence-corrected chi connectivity index (χ4v) is 2.77. The Kier molecular flexibility index (Phi) is 2.89. The number of benzene rings is 1. The van der Waals surface area contributed by atoms with Gasteiger partial charge >= 0.3 is 0 Å². The van der Waals surface area contributed by atoms with E-state index in [-0.39, 0.29) is 0 Å². The van der Waals surface area contributed by atoms with Crippen LogP contribution in [-0.4, -0.2) is 8.07 Å². The van der Waals surface area contributed by atoms with Crippen LogP contribution in [0.25, 0.3) is 0 Å². The van der Waals surface area contributed by atoms with Crippen molar-refractivity contribution in [2.75, 3.05) is 0 Å². The fraction of sp³-hybridized carbons (Fsp3) is 0.364. The molecule has 1 aromatic carbocycles. The predicted octanol–water partition coefficient (Wildman–Crippen LogP) is 2.98. The lowest BCUT2D eigenvalue weighted by Crippen LogP contribution is -2.23. The van der Waals surface area contributed by atoms with Crippen LogP contribution in [0.5, 0.6) is 0 Å². The number of rotatable bonds is 2. The summed E-state index contributed by atoms with van der Waals surface area (Å²) in [7, 11) is -1.01. The van der Waals surface area contributed by atoms with Crippen LogP contribution in [0.2, 0.25) is 19.6 Å². The first-order chi connectivity index (χ1) is 6.01. The van der Waals surface area contributed by atoms with Gasteiger partial charge in [-0.1, -0.05) is 37.3 Å². The van der Waals surface area contributed by atoms with Gasteiger partial charge in [-0.25, -0.2) is 0 Å². The molecule has 0 N–H and O–H groups in total. The van der Waals surface area contributed by atoms with Gasteiger partial charge in [-0.2, -0.15) is 5.26 Å². The molecule has 0 saturated carbocycles. The highest BCUT2D eigenvalue weighted by Crippen LogP contribution is 2.12. The topological polar surface area (TPSA) is 23.8 Å². The number of hydrogen-bond acceptors (Lipinski definition) is 1. The van der Waals surface area contributed by atoms with Crippen molar-refractivity contribution >= 4 is 8.07 Å². The molecular weight excluding hydrogens is 174 g/mol. The monoisotopic (exact) mass is 189 g/mol. The maximum atomic E-state index is 8.62. The lowest BCUT2D eigenvalue weighted by molar-refractivity contribution is 1.30. The predicted molar refractivity (Wildman–Crippen MR) is 58.2 cm³/mol. The molecule has 2 heteroatoms. The molecule has 1 rings (SSSR count). The van der Waals surface area contributed by atoms with E-state index in [1.165, 1.54) is 11.6 Å². The second-order valence-corrected chi connectivity index (χ2v) is 10.0. The SMILES string of the molecule is C[Si](C)(C)Cc1ccc(C#N)cc1. The molecule has 0 saturated heterocycles. The molecule has 0 aromatic heterocycles. The van der Waals surface area contributed by atoms with Crippen molar-refractivity contribution < 1.29 is 0 Å². The molecule has 0 radical (unpaired) electrons. The van der Waals surface area contributed by atoms with Crippen molar-refractivity contribution in [3.63, 3.8) is 0 Å². The first-order valence-electron chi connectivity index (χ1n) is 4.50. The molecule has 1 aromatic rings. The molecule has 0 fully saturated rings. The summed E-state index contributed by atoms with van der Waals surface area (Å²) < 4.78 is 0. The first-order valence-corrected chi connectivity index (χ1v) is 8.21. The van der Waals surface area contributed by atoms with Gasteiger partial charge in [-0.05, 0) is 18.2 Å². The van der Waals surface area contributed by atoms with E-state index < -0.39 is 8.07 Å². The summed E-state index contributed by atoms with van der Waals surface area (Å²) in [5.41, 5.74) is 2.11. The van der Waals surface area contributed by atoms with E-state index in [0.29, 0.717) is 0 Å². The summed E-state index contributed by atoms with van der Waals surface area (Å²) in [6, 6.07) is 11.3. The summed E-state index contributed by atoms with van der Waals surface area (Å²) >= 11 is 0. The molecule has 0 heterocycles. The highest BCUT2D eigenvalue weighted by Gasteiger charge is 2.13. The molecule has 0 bridgehead atoms. The van der Waals surface area contributed by atoms with Gasteiger partial charge < -0.3 is 0 Å². The van der Waals surface area contributed by atoms with E-state index in [0.717, 1.165) is 5.56 Å². The van der Waals surface area contributed by atoms with Gasteiger partial charge in [0, 0.05) is 8.07 Å². The van der Waals surface area contributed by atoms with Gasteiger partial charge in [0.2, 0.25) is 0 Å². The van der Waals surface area contributed by atoms with Crippen LogP contribution in [0.4, 0.5) is 0 Å². The molecule has 0 spiro atoms. The van der Waals surface area contributed by atoms with Crippen LogP contribution in [0, 0.1) is 11.3 Å². The second-order valence-electron chi connectivity index (χ2n) is 4.55. The average Bonchev–Trinajstić information content (AvgIpc) is 2.03. The molecule has 0 aliphatic carbocycles. The van der Waals surface area contributed by atoms with Crippen molar-refractivity contribution in [2.45, 2.75) is 25.7 Å². The summed E-state index contributed by atoms with van der Waals surface area (Å²) in [6.07, 6.45) is 0. The molecule has 0 aliphatic rings. The van der Waals surface area contributed by atoms with Crippen LogP contribution in [0.3, 0.4) is 0 Å². The van der Waals surface area contributed by atoms with Gasteiger partial charge in [-0.3, -0.25) is 0 Å². The van der Waals surface area contributed by atoms with Gasteiger partial charge in [0.1, 0.15) is 0 Å². The summed E-state index contributed by atoms with van der Waals surface area (Å²) in [4.78, 5) is 0. The zero-order valence-corrected chi connectivity index (χ0v) is 9.46. The Morgan fingerprint density at radius 2 is 1.69 bits per heavy atom. The molecule has 68 valence electrons. The first kappa shape index (κ1) is 10.0. The third-order valence-electron chi connectivity index (χ3n) is 1.82. The van der Waals surface area contributed by atoms with Crippen LogP contribution >= 0.6 is 0 Å². The van der Waals surface area contributed by atoms with E-state index in [1.807, 2.05) is 12.1 Å². The number of nitrogens with zero attached hydrogens (tertiary/aromatic N) is 1. The quantitative estimate of drug-likeness (QED) is 0.656. The Morgan fingerprint density at radius 1 is 1.15 bits per heavy atom. The molecule has 13 heavy (non-hydrogen) atoms. The molecule has 0 amide bonds. The Labute approximate surface area is 81.0 Å². The second kappa shape index (κ2) is 3.76. The van der Waals surface area contributed by atoms with Gasteiger partial charge in [0.05, 0.1) is 11.6 Å². The summed E-state index contributed by atoms with van der Waals surface area (Å²) in [5, 5.41) is 8.62. The van der Waals surface area contributed by atoms with E-state index in [9.17, 15) is 0 Å². The average molecular weight is 189 g/mol. The molecule has 0 atom stereocenters. The molecule has 1 nitrogen and oxygen atoms in total. The Morgan fingerprint density at radius 3 is 2.08 bits per heavy atom. The fourth-order valence-electron chi connectivity index (χ4n) is 1.31. The van der Waals surface area contributed by atoms with E-state index in [4.69, 9.17) is 5.26 Å². The van der Waals surface area contributed by atoms with Crippen LogP contribution in [0.1, 0.15) is 11.1 Å². The van der Waals surface area contributed by atoms with Crippen LogP contribution < -0.4 is 0 Å². The maximum Gasteiger partial charge on any atom is 0.0991 e. The third kappa shape index (κ3) is 3.43. The van der Waals surface area contributed by atoms with Crippen molar-refractivity contribution in [3.05, 3.63) is 35.4 Å². The Bertz CT molecular complexity index is 313. The Balaban J connectivity index is 2.77. The van der Waals surface area contributed by atoms with Crippen LogP contribution in [0.15, 0.2) is 24.3 Å². The van der Waals surface area contributed by atoms with Gasteiger partial charge in [-0.15, -0.1) is 0 Å². The summed E-state index contributed by atoms with van der Waals surface area (Å²) in [6.45, 7) is 7.06. The smallest absolute Gasteiger partial charge is 0.0991 e. The Hall–Kier alpha value is -1.07. The largest absolute Gasteiger partial charge is 0.192 e. The highest BCUT2D eigenvalue weighted by molar-refractivity contribution is 6.75. The number of hydrogen-bond donors (Lipinski definition) is 0. The molecule has 0 aliphatic heterocycles. The lowest BCUT2D eigenvalue weighted by Gasteiger charge is -2.15.